The first-order valence-electron chi connectivity index (χ1n) is 6.95. The molecule has 0 aromatic heterocycles. The highest BCUT2D eigenvalue weighted by Crippen LogP contribution is 2.19. The lowest BCUT2D eigenvalue weighted by atomic mass is 10.1. The second-order valence-electron chi connectivity index (χ2n) is 4.85. The minimum atomic E-state index is -3.53. The van der Waals surface area contributed by atoms with E-state index in [1.807, 2.05) is 37.3 Å². The third kappa shape index (κ3) is 4.06. The van der Waals surface area contributed by atoms with Crippen LogP contribution in [-0.4, -0.2) is 15.0 Å². The zero-order chi connectivity index (χ0) is 15.3. The fraction of sp³-hybridized carbons (Fsp3) is 0.250. The Morgan fingerprint density at radius 2 is 1.81 bits per heavy atom. The molecule has 0 heterocycles. The van der Waals surface area contributed by atoms with E-state index >= 15 is 0 Å². The summed E-state index contributed by atoms with van der Waals surface area (Å²) in [5, 5.41) is 0. The Balaban J connectivity index is 2.10. The van der Waals surface area contributed by atoms with Gasteiger partial charge in [-0.2, -0.15) is 0 Å². The van der Waals surface area contributed by atoms with Gasteiger partial charge in [-0.3, -0.25) is 0 Å². The van der Waals surface area contributed by atoms with Crippen LogP contribution in [-0.2, 0) is 22.9 Å². The van der Waals surface area contributed by atoms with Crippen LogP contribution in [0.4, 0.5) is 5.69 Å². The van der Waals surface area contributed by atoms with Gasteiger partial charge in [0.2, 0.25) is 10.0 Å². The summed E-state index contributed by atoms with van der Waals surface area (Å²) in [5.41, 5.74) is 8.04. The largest absolute Gasteiger partial charge is 0.399 e. The zero-order valence-corrected chi connectivity index (χ0v) is 12.9. The van der Waals surface area contributed by atoms with Crippen molar-refractivity contribution in [2.45, 2.75) is 24.7 Å². The molecule has 21 heavy (non-hydrogen) atoms. The number of rotatable bonds is 6. The molecule has 0 aliphatic carbocycles. The van der Waals surface area contributed by atoms with Crippen LogP contribution in [0.1, 0.15) is 18.1 Å². The minimum Gasteiger partial charge on any atom is -0.399 e. The molecule has 0 saturated carbocycles. The molecule has 0 aliphatic heterocycles. The second kappa shape index (κ2) is 6.74. The fourth-order valence-electron chi connectivity index (χ4n) is 2.17. The van der Waals surface area contributed by atoms with Gasteiger partial charge in [0, 0.05) is 12.2 Å². The molecule has 0 saturated heterocycles. The van der Waals surface area contributed by atoms with Crippen molar-refractivity contribution in [2.24, 2.45) is 0 Å². The summed E-state index contributed by atoms with van der Waals surface area (Å²) >= 11 is 0. The summed E-state index contributed by atoms with van der Waals surface area (Å²) in [6.07, 6.45) is 1.30. The Hall–Kier alpha value is -1.85. The molecule has 0 spiro atoms. The van der Waals surface area contributed by atoms with Crippen LogP contribution >= 0.6 is 0 Å². The van der Waals surface area contributed by atoms with Gasteiger partial charge in [0.15, 0.2) is 0 Å². The molecule has 4 nitrogen and oxygen atoms in total. The molecular weight excluding hydrogens is 284 g/mol. The van der Waals surface area contributed by atoms with E-state index < -0.39 is 10.0 Å². The molecule has 2 aromatic carbocycles. The van der Waals surface area contributed by atoms with E-state index in [2.05, 4.69) is 4.72 Å². The number of hydrogen-bond acceptors (Lipinski definition) is 3. The lowest BCUT2D eigenvalue weighted by Crippen LogP contribution is -2.27. The van der Waals surface area contributed by atoms with E-state index in [-0.39, 0.29) is 4.90 Å². The number of hydrogen-bond donors (Lipinski definition) is 2. The second-order valence-corrected chi connectivity index (χ2v) is 6.59. The quantitative estimate of drug-likeness (QED) is 0.805. The summed E-state index contributed by atoms with van der Waals surface area (Å²) in [4.78, 5) is 0.276. The average molecular weight is 304 g/mol. The molecule has 3 N–H and O–H groups in total. The highest BCUT2D eigenvalue weighted by molar-refractivity contribution is 7.89. The third-order valence-electron chi connectivity index (χ3n) is 3.31. The van der Waals surface area contributed by atoms with E-state index in [0.29, 0.717) is 25.1 Å². The van der Waals surface area contributed by atoms with Crippen molar-refractivity contribution in [1.29, 1.82) is 0 Å². The molecule has 5 heteroatoms. The Kier molecular flexibility index (Phi) is 4.98. The standard InChI is InChI=1S/C16H20N2O2S/c1-2-14-8-9-15(17)12-16(14)21(19,20)18-11-10-13-6-4-3-5-7-13/h3-9,12,18H,2,10-11,17H2,1H3. The van der Waals surface area contributed by atoms with Gasteiger partial charge in [-0.15, -0.1) is 0 Å². The van der Waals surface area contributed by atoms with Crippen LogP contribution in [0, 0.1) is 0 Å². The van der Waals surface area contributed by atoms with Gasteiger partial charge in [0.1, 0.15) is 0 Å². The van der Waals surface area contributed by atoms with Crippen LogP contribution in [0.2, 0.25) is 0 Å². The number of nitrogens with two attached hydrogens (primary N) is 1. The van der Waals surface area contributed by atoms with E-state index in [4.69, 9.17) is 5.73 Å². The maximum Gasteiger partial charge on any atom is 0.240 e. The SMILES string of the molecule is CCc1ccc(N)cc1S(=O)(=O)NCCc1ccccc1. The van der Waals surface area contributed by atoms with E-state index in [1.54, 1.807) is 12.1 Å². The topological polar surface area (TPSA) is 72.2 Å². The average Bonchev–Trinajstić information content (AvgIpc) is 2.48. The van der Waals surface area contributed by atoms with Gasteiger partial charge in [-0.05, 0) is 36.1 Å². The van der Waals surface area contributed by atoms with Gasteiger partial charge in [0.05, 0.1) is 4.90 Å². The highest BCUT2D eigenvalue weighted by atomic mass is 32.2. The Bertz CT molecular complexity index is 697. The van der Waals surface area contributed by atoms with Crippen LogP contribution in [0.15, 0.2) is 53.4 Å². The number of aryl methyl sites for hydroxylation is 1. The first-order chi connectivity index (χ1) is 10.0. The van der Waals surface area contributed by atoms with Crippen LogP contribution < -0.4 is 10.5 Å². The molecule has 0 aliphatic rings. The van der Waals surface area contributed by atoms with Gasteiger partial charge in [0.25, 0.3) is 0 Å². The number of sulfonamides is 1. The molecule has 0 radical (unpaired) electrons. The monoisotopic (exact) mass is 304 g/mol. The Labute approximate surface area is 126 Å². The molecule has 112 valence electrons. The summed E-state index contributed by atoms with van der Waals surface area (Å²) < 4.78 is 27.4. The van der Waals surface area contributed by atoms with Crippen molar-refractivity contribution in [2.75, 3.05) is 12.3 Å². The number of anilines is 1. The minimum absolute atomic E-state index is 0.276. The first-order valence-corrected chi connectivity index (χ1v) is 8.43. The van der Waals surface area contributed by atoms with Crippen molar-refractivity contribution < 1.29 is 8.42 Å². The Morgan fingerprint density at radius 1 is 1.10 bits per heavy atom. The highest BCUT2D eigenvalue weighted by Gasteiger charge is 2.17. The fourth-order valence-corrected chi connectivity index (χ4v) is 3.54. The van der Waals surface area contributed by atoms with E-state index in [1.165, 1.54) is 6.07 Å². The summed E-state index contributed by atoms with van der Waals surface area (Å²) in [5.74, 6) is 0. The van der Waals surface area contributed by atoms with E-state index in [9.17, 15) is 8.42 Å². The van der Waals surface area contributed by atoms with Crippen LogP contribution in [0.5, 0.6) is 0 Å². The first kappa shape index (κ1) is 15.5. The molecular formula is C16H20N2O2S. The Morgan fingerprint density at radius 3 is 2.48 bits per heavy atom. The molecule has 0 unspecified atom stereocenters. The van der Waals surface area contributed by atoms with Crippen molar-refractivity contribution >= 4 is 15.7 Å². The van der Waals surface area contributed by atoms with Crippen LogP contribution in [0.3, 0.4) is 0 Å². The summed E-state index contributed by atoms with van der Waals surface area (Å²) in [7, 11) is -3.53. The molecule has 0 amide bonds. The maximum absolute atomic E-state index is 12.4. The van der Waals surface area contributed by atoms with Crippen molar-refractivity contribution in [3.63, 3.8) is 0 Å². The van der Waals surface area contributed by atoms with Gasteiger partial charge < -0.3 is 5.73 Å². The van der Waals surface area contributed by atoms with Gasteiger partial charge in [-0.1, -0.05) is 43.3 Å². The number of benzene rings is 2. The normalized spacial score (nSPS) is 11.5. The lowest BCUT2D eigenvalue weighted by Gasteiger charge is -2.11. The van der Waals surface area contributed by atoms with Gasteiger partial charge in [-0.25, -0.2) is 13.1 Å². The van der Waals surface area contributed by atoms with E-state index in [0.717, 1.165) is 11.1 Å². The molecule has 0 bridgehead atoms. The van der Waals surface area contributed by atoms with Crippen molar-refractivity contribution in [3.8, 4) is 0 Å². The lowest BCUT2D eigenvalue weighted by molar-refractivity contribution is 0.580. The predicted molar refractivity (Wildman–Crippen MR) is 85.6 cm³/mol. The summed E-state index contributed by atoms with van der Waals surface area (Å²) in [6, 6.07) is 14.8. The smallest absolute Gasteiger partial charge is 0.240 e. The molecule has 2 aromatic rings. The number of nitrogens with one attached hydrogen (secondary N) is 1. The summed E-state index contributed by atoms with van der Waals surface area (Å²) in [6.45, 7) is 2.29. The maximum atomic E-state index is 12.4. The number of nitrogen functional groups attached to an aromatic ring is 1. The van der Waals surface area contributed by atoms with Crippen LogP contribution in [0.25, 0.3) is 0 Å². The predicted octanol–water partition coefficient (Wildman–Crippen LogP) is 2.35. The van der Waals surface area contributed by atoms with Crippen molar-refractivity contribution in [1.82, 2.24) is 4.72 Å². The molecule has 0 atom stereocenters. The zero-order valence-electron chi connectivity index (χ0n) is 12.0. The van der Waals surface area contributed by atoms with Gasteiger partial charge >= 0.3 is 0 Å². The third-order valence-corrected chi connectivity index (χ3v) is 4.85. The molecule has 2 rings (SSSR count). The van der Waals surface area contributed by atoms with Crippen molar-refractivity contribution in [3.05, 3.63) is 59.7 Å². The molecule has 0 fully saturated rings.